The molecule has 1 amide bonds. The predicted molar refractivity (Wildman–Crippen MR) is 77.6 cm³/mol. The topological polar surface area (TPSA) is 46.3 Å². The highest BCUT2D eigenvalue weighted by atomic mass is 35.5. The Kier molecular flexibility index (Phi) is 7.01. The van der Waals surface area contributed by atoms with Gasteiger partial charge in [-0.3, -0.25) is 4.79 Å². The van der Waals surface area contributed by atoms with E-state index in [1.807, 2.05) is 20.8 Å². The molecule has 3 unspecified atom stereocenters. The zero-order valence-corrected chi connectivity index (χ0v) is 12.6. The smallest absolute Gasteiger partial charge is 0.227 e. The molecule has 0 aliphatic rings. The molecule has 3 nitrogen and oxygen atoms in total. The quantitative estimate of drug-likeness (QED) is 0.926. The van der Waals surface area contributed by atoms with Crippen LogP contribution in [0.1, 0.15) is 32.4 Å². The van der Waals surface area contributed by atoms with Gasteiger partial charge >= 0.3 is 0 Å². The maximum absolute atomic E-state index is 12.8. The van der Waals surface area contributed by atoms with Crippen LogP contribution in [0.4, 0.5) is 4.39 Å². The second kappa shape index (κ2) is 7.46. The van der Waals surface area contributed by atoms with E-state index in [2.05, 4.69) is 0 Å². The summed E-state index contributed by atoms with van der Waals surface area (Å²) >= 11 is 0. The Morgan fingerprint density at radius 2 is 1.68 bits per heavy atom. The number of hydrogen-bond acceptors (Lipinski definition) is 2. The van der Waals surface area contributed by atoms with E-state index in [1.165, 1.54) is 12.1 Å². The number of rotatable bonds is 4. The highest BCUT2D eigenvalue weighted by Gasteiger charge is 2.24. The van der Waals surface area contributed by atoms with Gasteiger partial charge in [0.05, 0.1) is 12.0 Å². The van der Waals surface area contributed by atoms with Crippen molar-refractivity contribution in [1.82, 2.24) is 4.90 Å². The summed E-state index contributed by atoms with van der Waals surface area (Å²) in [6.45, 7) is 5.55. The minimum absolute atomic E-state index is 0. The predicted octanol–water partition coefficient (Wildman–Crippen LogP) is 2.75. The van der Waals surface area contributed by atoms with Crippen molar-refractivity contribution in [2.75, 3.05) is 7.05 Å². The Hall–Kier alpha value is -1.13. The zero-order chi connectivity index (χ0) is 13.9. The first kappa shape index (κ1) is 17.9. The second-order valence-corrected chi connectivity index (χ2v) is 4.82. The van der Waals surface area contributed by atoms with Crippen LogP contribution in [0.15, 0.2) is 24.3 Å². The fourth-order valence-electron chi connectivity index (χ4n) is 1.70. The van der Waals surface area contributed by atoms with E-state index in [-0.39, 0.29) is 42.1 Å². The number of nitrogens with zero attached hydrogens (tertiary/aromatic N) is 1. The SMILES string of the molecule is CC(N)C(C)C(=O)N(C)C(C)c1ccc(F)cc1.Cl. The molecule has 108 valence electrons. The number of halogens is 2. The maximum atomic E-state index is 12.8. The van der Waals surface area contributed by atoms with E-state index in [0.717, 1.165) is 5.56 Å². The van der Waals surface area contributed by atoms with E-state index < -0.39 is 0 Å². The lowest BCUT2D eigenvalue weighted by molar-refractivity contribution is -0.136. The molecule has 0 aromatic heterocycles. The van der Waals surface area contributed by atoms with Crippen LogP contribution >= 0.6 is 12.4 Å². The normalized spacial score (nSPS) is 15.1. The van der Waals surface area contributed by atoms with Crippen LogP contribution in [0, 0.1) is 11.7 Å². The fourth-order valence-corrected chi connectivity index (χ4v) is 1.70. The van der Waals surface area contributed by atoms with Crippen LogP contribution < -0.4 is 5.73 Å². The lowest BCUT2D eigenvalue weighted by Crippen LogP contribution is -2.40. The molecule has 1 aromatic carbocycles. The third kappa shape index (κ3) is 4.48. The summed E-state index contributed by atoms with van der Waals surface area (Å²) in [7, 11) is 1.75. The number of amides is 1. The van der Waals surface area contributed by atoms with E-state index in [1.54, 1.807) is 24.1 Å². The number of benzene rings is 1. The van der Waals surface area contributed by atoms with Gasteiger partial charge in [0.15, 0.2) is 0 Å². The van der Waals surface area contributed by atoms with Crippen LogP contribution in [0.25, 0.3) is 0 Å². The first-order chi connectivity index (χ1) is 8.34. The zero-order valence-electron chi connectivity index (χ0n) is 11.8. The van der Waals surface area contributed by atoms with E-state index in [9.17, 15) is 9.18 Å². The van der Waals surface area contributed by atoms with Gasteiger partial charge in [-0.25, -0.2) is 4.39 Å². The third-order valence-corrected chi connectivity index (χ3v) is 3.46. The van der Waals surface area contributed by atoms with Crippen molar-refractivity contribution < 1.29 is 9.18 Å². The molecular formula is C14H22ClFN2O. The Bertz CT molecular complexity index is 408. The molecule has 5 heteroatoms. The molecule has 1 rings (SSSR count). The first-order valence-electron chi connectivity index (χ1n) is 6.12. The number of nitrogens with two attached hydrogens (primary N) is 1. The minimum Gasteiger partial charge on any atom is -0.339 e. The summed E-state index contributed by atoms with van der Waals surface area (Å²) in [6, 6.07) is 5.92. The summed E-state index contributed by atoms with van der Waals surface area (Å²) in [5.41, 5.74) is 6.64. The van der Waals surface area contributed by atoms with Crippen molar-refractivity contribution in [3.63, 3.8) is 0 Å². The monoisotopic (exact) mass is 288 g/mol. The van der Waals surface area contributed by atoms with Gasteiger partial charge in [-0.15, -0.1) is 12.4 Å². The molecule has 0 bridgehead atoms. The fraction of sp³-hybridized carbons (Fsp3) is 0.500. The summed E-state index contributed by atoms with van der Waals surface area (Å²) in [6.07, 6.45) is 0. The van der Waals surface area contributed by atoms with Crippen LogP contribution in [-0.4, -0.2) is 23.9 Å². The third-order valence-electron chi connectivity index (χ3n) is 3.46. The molecule has 19 heavy (non-hydrogen) atoms. The second-order valence-electron chi connectivity index (χ2n) is 4.82. The van der Waals surface area contributed by atoms with E-state index >= 15 is 0 Å². The molecule has 0 aliphatic carbocycles. The summed E-state index contributed by atoms with van der Waals surface area (Å²) in [5.74, 6) is -0.497. The largest absolute Gasteiger partial charge is 0.339 e. The van der Waals surface area contributed by atoms with Crippen molar-refractivity contribution in [3.8, 4) is 0 Å². The number of carbonyl (C=O) groups is 1. The van der Waals surface area contributed by atoms with Crippen molar-refractivity contribution >= 4 is 18.3 Å². The lowest BCUT2D eigenvalue weighted by Gasteiger charge is -2.29. The van der Waals surface area contributed by atoms with Gasteiger partial charge in [0.1, 0.15) is 5.82 Å². The van der Waals surface area contributed by atoms with Gasteiger partial charge in [-0.2, -0.15) is 0 Å². The minimum atomic E-state index is -0.274. The highest BCUT2D eigenvalue weighted by Crippen LogP contribution is 2.21. The van der Waals surface area contributed by atoms with Crippen molar-refractivity contribution in [1.29, 1.82) is 0 Å². The van der Waals surface area contributed by atoms with Gasteiger partial charge in [0, 0.05) is 13.1 Å². The van der Waals surface area contributed by atoms with Gasteiger partial charge in [0.2, 0.25) is 5.91 Å². The van der Waals surface area contributed by atoms with Gasteiger partial charge < -0.3 is 10.6 Å². The van der Waals surface area contributed by atoms with Crippen LogP contribution in [0.3, 0.4) is 0 Å². The highest BCUT2D eigenvalue weighted by molar-refractivity contribution is 5.85. The summed E-state index contributed by atoms with van der Waals surface area (Å²) in [4.78, 5) is 13.8. The molecule has 0 radical (unpaired) electrons. The Morgan fingerprint density at radius 3 is 2.11 bits per heavy atom. The Balaban J connectivity index is 0.00000324. The van der Waals surface area contributed by atoms with Crippen LogP contribution in [-0.2, 0) is 4.79 Å². The van der Waals surface area contributed by atoms with Crippen molar-refractivity contribution in [2.24, 2.45) is 11.7 Å². The molecule has 2 N–H and O–H groups in total. The molecule has 0 saturated heterocycles. The summed E-state index contributed by atoms with van der Waals surface area (Å²) < 4.78 is 12.8. The molecular weight excluding hydrogens is 267 g/mol. The first-order valence-corrected chi connectivity index (χ1v) is 6.12. The number of carbonyl (C=O) groups excluding carboxylic acids is 1. The molecule has 3 atom stereocenters. The van der Waals surface area contributed by atoms with Gasteiger partial charge in [-0.1, -0.05) is 19.1 Å². The van der Waals surface area contributed by atoms with Crippen molar-refractivity contribution in [2.45, 2.75) is 32.9 Å². The van der Waals surface area contributed by atoms with Crippen LogP contribution in [0.2, 0.25) is 0 Å². The summed E-state index contributed by atoms with van der Waals surface area (Å²) in [5, 5.41) is 0. The van der Waals surface area contributed by atoms with Gasteiger partial charge in [0.25, 0.3) is 0 Å². The number of hydrogen-bond donors (Lipinski definition) is 1. The molecule has 0 aliphatic heterocycles. The molecule has 0 heterocycles. The molecule has 0 fully saturated rings. The average Bonchev–Trinajstić information content (AvgIpc) is 2.36. The lowest BCUT2D eigenvalue weighted by atomic mass is 10.0. The maximum Gasteiger partial charge on any atom is 0.227 e. The van der Waals surface area contributed by atoms with Crippen LogP contribution in [0.5, 0.6) is 0 Å². The van der Waals surface area contributed by atoms with E-state index in [4.69, 9.17) is 5.73 Å². The standard InChI is InChI=1S/C14H21FN2O.ClH/c1-9(10(2)16)14(18)17(4)11(3)12-5-7-13(15)8-6-12;/h5-11H,16H2,1-4H3;1H. The Morgan fingerprint density at radius 1 is 1.21 bits per heavy atom. The molecule has 1 aromatic rings. The van der Waals surface area contributed by atoms with Gasteiger partial charge in [-0.05, 0) is 31.5 Å². The van der Waals surface area contributed by atoms with Crippen molar-refractivity contribution in [3.05, 3.63) is 35.6 Å². The van der Waals surface area contributed by atoms with E-state index in [0.29, 0.717) is 0 Å². The Labute approximate surface area is 120 Å². The molecule has 0 spiro atoms. The molecule has 0 saturated carbocycles. The average molecular weight is 289 g/mol.